The van der Waals surface area contributed by atoms with Gasteiger partial charge in [-0.25, -0.2) is 13.8 Å². The number of carbonyl (C=O) groups is 2. The number of carbonyl (C=O) groups excluding carboxylic acids is 2. The van der Waals surface area contributed by atoms with Gasteiger partial charge in [-0.2, -0.15) is 4.83 Å². The molecule has 10 heteroatoms. The van der Waals surface area contributed by atoms with E-state index in [9.17, 15) is 18.0 Å². The summed E-state index contributed by atoms with van der Waals surface area (Å²) in [6, 6.07) is 9.69. The van der Waals surface area contributed by atoms with Gasteiger partial charge in [-0.3, -0.25) is 14.5 Å². The molecule has 194 valence electrons. The topological polar surface area (TPSA) is 117 Å². The van der Waals surface area contributed by atoms with E-state index in [0.717, 1.165) is 46.9 Å². The summed E-state index contributed by atoms with van der Waals surface area (Å²) >= 11 is 0. The third-order valence-electron chi connectivity index (χ3n) is 6.08. The summed E-state index contributed by atoms with van der Waals surface area (Å²) in [5.41, 5.74) is 7.98. The number of hydrogen-bond acceptors (Lipinski definition) is 6. The highest BCUT2D eigenvalue weighted by atomic mass is 32.2. The summed E-state index contributed by atoms with van der Waals surface area (Å²) in [5, 5.41) is 2.50. The monoisotopic (exact) mass is 514 g/mol. The van der Waals surface area contributed by atoms with Crippen molar-refractivity contribution < 1.29 is 22.7 Å². The molecule has 3 rings (SSSR count). The zero-order chi connectivity index (χ0) is 26.7. The predicted octanol–water partition coefficient (Wildman–Crippen LogP) is 2.92. The lowest BCUT2D eigenvalue weighted by molar-refractivity contribution is -0.116. The van der Waals surface area contributed by atoms with Crippen molar-refractivity contribution in [2.75, 3.05) is 25.3 Å². The van der Waals surface area contributed by atoms with Crippen LogP contribution in [0.5, 0.6) is 5.75 Å². The zero-order valence-corrected chi connectivity index (χ0v) is 22.3. The first-order valence-corrected chi connectivity index (χ1v) is 13.5. The van der Waals surface area contributed by atoms with Gasteiger partial charge in [-0.05, 0) is 47.1 Å². The number of nitrogens with zero attached hydrogens (tertiary/aromatic N) is 1. The summed E-state index contributed by atoms with van der Waals surface area (Å²) in [6.45, 7) is 6.20. The Kier molecular flexibility index (Phi) is 8.22. The summed E-state index contributed by atoms with van der Waals surface area (Å²) in [5.74, 6) is 0.387. The molecule has 0 aromatic heterocycles. The first-order chi connectivity index (χ1) is 16.9. The molecule has 36 heavy (non-hydrogen) atoms. The smallest absolute Gasteiger partial charge is 0.245 e. The lowest BCUT2D eigenvalue weighted by Crippen LogP contribution is -2.38. The van der Waals surface area contributed by atoms with Gasteiger partial charge >= 0.3 is 0 Å². The van der Waals surface area contributed by atoms with E-state index in [-0.39, 0.29) is 17.4 Å². The Balaban J connectivity index is 2.10. The number of hydrogen-bond donors (Lipinski definition) is 3. The number of methoxy groups -OCH3 is 1. The fraction of sp³-hybridized carbons (Fsp3) is 0.385. The third-order valence-corrected chi connectivity index (χ3v) is 6.57. The van der Waals surface area contributed by atoms with Crippen LogP contribution in [0.3, 0.4) is 0 Å². The number of amides is 2. The minimum Gasteiger partial charge on any atom is -0.496 e. The molecule has 0 saturated heterocycles. The number of fused-ring (bicyclic) bond motifs is 1. The van der Waals surface area contributed by atoms with Gasteiger partial charge in [0.05, 0.1) is 13.4 Å². The Labute approximate surface area is 212 Å². The standard InChI is InChI=1S/C26H34N4O5S/c1-26(2,3)22-15-19(30(16-31)12-11-24(32)27-4)14-21(25(22)35-5)18-7-9-20-17(13-18)8-10-23(20)28-29-36(6,33)34/h7,9,11-16,23,28-29H,8,10H2,1-6H3,(H,27,32)/b12-11-. The molecule has 0 bridgehead atoms. The van der Waals surface area contributed by atoms with E-state index in [1.807, 2.05) is 24.3 Å². The Hall–Kier alpha value is -3.21. The number of sulfonamides is 1. The highest BCUT2D eigenvalue weighted by Crippen LogP contribution is 2.44. The average molecular weight is 515 g/mol. The normalized spacial score (nSPS) is 15.6. The Morgan fingerprint density at radius 2 is 1.92 bits per heavy atom. The molecule has 0 fully saturated rings. The minimum atomic E-state index is -3.36. The second kappa shape index (κ2) is 10.8. The van der Waals surface area contributed by atoms with Crippen LogP contribution in [0.4, 0.5) is 5.69 Å². The van der Waals surface area contributed by atoms with Crippen molar-refractivity contribution in [2.24, 2.45) is 0 Å². The van der Waals surface area contributed by atoms with Gasteiger partial charge in [0.15, 0.2) is 0 Å². The van der Waals surface area contributed by atoms with Crippen molar-refractivity contribution in [1.82, 2.24) is 15.6 Å². The van der Waals surface area contributed by atoms with E-state index < -0.39 is 10.0 Å². The molecule has 1 unspecified atom stereocenters. The molecular formula is C26H34N4O5S. The van der Waals surface area contributed by atoms with Crippen LogP contribution in [-0.2, 0) is 31.4 Å². The molecular weight excluding hydrogens is 480 g/mol. The van der Waals surface area contributed by atoms with Gasteiger partial charge in [0.2, 0.25) is 22.3 Å². The van der Waals surface area contributed by atoms with Crippen LogP contribution >= 0.6 is 0 Å². The zero-order valence-electron chi connectivity index (χ0n) is 21.5. The number of nitrogens with one attached hydrogen (secondary N) is 3. The number of benzene rings is 2. The lowest BCUT2D eigenvalue weighted by Gasteiger charge is -2.27. The number of aryl methyl sites for hydroxylation is 1. The van der Waals surface area contributed by atoms with Gasteiger partial charge in [-0.15, -0.1) is 0 Å². The van der Waals surface area contributed by atoms with Crippen LogP contribution in [0, 0.1) is 0 Å². The third kappa shape index (κ3) is 6.31. The molecule has 9 nitrogen and oxygen atoms in total. The summed E-state index contributed by atoms with van der Waals surface area (Å²) < 4.78 is 28.9. The van der Waals surface area contributed by atoms with Crippen LogP contribution in [0.25, 0.3) is 11.1 Å². The Morgan fingerprint density at radius 1 is 1.19 bits per heavy atom. The van der Waals surface area contributed by atoms with Gasteiger partial charge in [-0.1, -0.05) is 39.0 Å². The quantitative estimate of drug-likeness (QED) is 0.269. The van der Waals surface area contributed by atoms with Crippen molar-refractivity contribution in [3.8, 4) is 16.9 Å². The van der Waals surface area contributed by atoms with Crippen molar-refractivity contribution in [1.29, 1.82) is 0 Å². The van der Waals surface area contributed by atoms with E-state index in [4.69, 9.17) is 4.74 Å². The van der Waals surface area contributed by atoms with Gasteiger partial charge in [0.25, 0.3) is 0 Å². The van der Waals surface area contributed by atoms with E-state index in [1.165, 1.54) is 24.2 Å². The highest BCUT2D eigenvalue weighted by Gasteiger charge is 2.27. The maximum Gasteiger partial charge on any atom is 0.245 e. The molecule has 1 aliphatic carbocycles. The SMILES string of the molecule is CNC(=O)/C=C\N(C=O)c1cc(-c2ccc3c(c2)CCC3NNS(C)(=O)=O)c(OC)c(C(C)(C)C)c1. The summed E-state index contributed by atoms with van der Waals surface area (Å²) in [7, 11) is -0.216. The second-order valence-electron chi connectivity index (χ2n) is 9.79. The van der Waals surface area contributed by atoms with Crippen molar-refractivity contribution in [2.45, 2.75) is 45.1 Å². The van der Waals surface area contributed by atoms with Crippen molar-refractivity contribution in [3.63, 3.8) is 0 Å². The molecule has 3 N–H and O–H groups in total. The molecule has 0 heterocycles. The Morgan fingerprint density at radius 3 is 2.50 bits per heavy atom. The fourth-order valence-electron chi connectivity index (χ4n) is 4.28. The van der Waals surface area contributed by atoms with Crippen molar-refractivity contribution >= 4 is 28.0 Å². The first-order valence-electron chi connectivity index (χ1n) is 11.6. The molecule has 0 saturated carbocycles. The molecule has 1 atom stereocenters. The van der Waals surface area contributed by atoms with Gasteiger partial charge in [0.1, 0.15) is 5.75 Å². The fourth-order valence-corrected chi connectivity index (χ4v) is 4.64. The first kappa shape index (κ1) is 27.4. The van der Waals surface area contributed by atoms with E-state index in [1.54, 1.807) is 7.11 Å². The number of hydrazine groups is 1. The largest absolute Gasteiger partial charge is 0.496 e. The summed E-state index contributed by atoms with van der Waals surface area (Å²) in [4.78, 5) is 27.4. The predicted molar refractivity (Wildman–Crippen MR) is 141 cm³/mol. The minimum absolute atomic E-state index is 0.123. The van der Waals surface area contributed by atoms with Crippen LogP contribution in [0.15, 0.2) is 42.6 Å². The number of likely N-dealkylation sites (N-methyl/N-ethyl adjacent to an activating group) is 1. The maximum atomic E-state index is 11.9. The van der Waals surface area contributed by atoms with Gasteiger partial charge in [0, 0.05) is 42.2 Å². The summed E-state index contributed by atoms with van der Waals surface area (Å²) in [6.07, 6.45) is 6.03. The molecule has 1 aliphatic rings. The van der Waals surface area contributed by atoms with Crippen LogP contribution in [0.2, 0.25) is 0 Å². The van der Waals surface area contributed by atoms with E-state index in [0.29, 0.717) is 17.8 Å². The molecule has 0 spiro atoms. The molecule has 2 aromatic carbocycles. The highest BCUT2D eigenvalue weighted by molar-refractivity contribution is 7.88. The molecule has 2 aromatic rings. The average Bonchev–Trinajstić information content (AvgIpc) is 3.23. The molecule has 0 aliphatic heterocycles. The molecule has 0 radical (unpaired) electrons. The lowest BCUT2D eigenvalue weighted by atomic mass is 9.83. The van der Waals surface area contributed by atoms with Crippen LogP contribution in [0.1, 0.15) is 49.9 Å². The molecule has 2 amide bonds. The van der Waals surface area contributed by atoms with Crippen LogP contribution < -0.4 is 25.2 Å². The number of rotatable bonds is 9. The number of anilines is 1. The van der Waals surface area contributed by atoms with Crippen molar-refractivity contribution in [3.05, 3.63) is 59.3 Å². The van der Waals surface area contributed by atoms with E-state index in [2.05, 4.69) is 42.4 Å². The Bertz CT molecular complexity index is 1280. The second-order valence-corrected chi connectivity index (χ2v) is 11.5. The van der Waals surface area contributed by atoms with E-state index >= 15 is 0 Å². The number of ether oxygens (including phenoxy) is 1. The van der Waals surface area contributed by atoms with Crippen LogP contribution in [-0.4, -0.2) is 41.1 Å². The van der Waals surface area contributed by atoms with Gasteiger partial charge < -0.3 is 10.1 Å². The maximum absolute atomic E-state index is 11.9.